The summed E-state index contributed by atoms with van der Waals surface area (Å²) >= 11 is 5.94. The van der Waals surface area contributed by atoms with Crippen LogP contribution in [0.1, 0.15) is 44.6 Å². The summed E-state index contributed by atoms with van der Waals surface area (Å²) in [6.07, 6.45) is 9.23. The fourth-order valence-electron chi connectivity index (χ4n) is 2.67. The van der Waals surface area contributed by atoms with Crippen molar-refractivity contribution in [3.05, 3.63) is 52.2 Å². The molecule has 0 aromatic heterocycles. The first-order valence-electron chi connectivity index (χ1n) is 9.12. The zero-order valence-corrected chi connectivity index (χ0v) is 15.7. The van der Waals surface area contributed by atoms with Crippen molar-refractivity contribution in [1.82, 2.24) is 10.8 Å². The van der Waals surface area contributed by atoms with E-state index < -0.39 is 6.10 Å². The molecule has 0 aliphatic heterocycles. The Labute approximate surface area is 155 Å². The predicted octanol–water partition coefficient (Wildman–Crippen LogP) is 4.06. The minimum atomic E-state index is -0.516. The number of allylic oxidation sites excluding steroid dienone is 2. The summed E-state index contributed by atoms with van der Waals surface area (Å²) in [4.78, 5) is 5.51. The van der Waals surface area contributed by atoms with Gasteiger partial charge in [-0.2, -0.15) is 0 Å². The smallest absolute Gasteiger partial charge is 0.102 e. The molecule has 138 valence electrons. The van der Waals surface area contributed by atoms with E-state index in [0.717, 1.165) is 54.9 Å². The van der Waals surface area contributed by atoms with E-state index in [1.807, 2.05) is 24.3 Å². The third-order valence-corrected chi connectivity index (χ3v) is 4.35. The molecule has 0 heterocycles. The molecule has 0 spiro atoms. The Morgan fingerprint density at radius 2 is 2.12 bits per heavy atom. The summed E-state index contributed by atoms with van der Waals surface area (Å²) in [5, 5.41) is 13.9. The van der Waals surface area contributed by atoms with E-state index in [-0.39, 0.29) is 6.61 Å². The number of aliphatic hydroxyl groups excluding tert-OH is 1. The van der Waals surface area contributed by atoms with Crippen LogP contribution in [0.4, 0.5) is 0 Å². The molecule has 1 aliphatic rings. The van der Waals surface area contributed by atoms with Gasteiger partial charge in [0.2, 0.25) is 0 Å². The lowest BCUT2D eigenvalue weighted by Gasteiger charge is -2.20. The largest absolute Gasteiger partial charge is 0.389 e. The molecule has 0 fully saturated rings. The number of nitrogens with one attached hydrogen (secondary N) is 2. The number of aliphatic hydroxyl groups is 1. The molecule has 2 rings (SSSR count). The molecule has 0 bridgehead atoms. The predicted molar refractivity (Wildman–Crippen MR) is 104 cm³/mol. The van der Waals surface area contributed by atoms with Crippen molar-refractivity contribution in [2.24, 2.45) is 0 Å². The van der Waals surface area contributed by atoms with Gasteiger partial charge >= 0.3 is 0 Å². The van der Waals surface area contributed by atoms with Crippen LogP contribution >= 0.6 is 11.6 Å². The Morgan fingerprint density at radius 3 is 2.88 bits per heavy atom. The fourth-order valence-corrected chi connectivity index (χ4v) is 2.79. The molecule has 1 aromatic carbocycles. The molecule has 1 aliphatic carbocycles. The number of hydrogen-bond donors (Lipinski definition) is 3. The minimum absolute atomic E-state index is 0.255. The Morgan fingerprint density at radius 1 is 1.32 bits per heavy atom. The molecule has 1 aromatic rings. The average Bonchev–Trinajstić information content (AvgIpc) is 2.62. The number of unbranched alkanes of at least 4 members (excludes halogenated alkanes) is 1. The maximum Gasteiger partial charge on any atom is 0.102 e. The van der Waals surface area contributed by atoms with Crippen LogP contribution < -0.4 is 10.8 Å². The van der Waals surface area contributed by atoms with Gasteiger partial charge in [-0.1, -0.05) is 43.2 Å². The summed E-state index contributed by atoms with van der Waals surface area (Å²) in [7, 11) is 0. The lowest BCUT2D eigenvalue weighted by atomic mass is 9.97. The van der Waals surface area contributed by atoms with Gasteiger partial charge in [-0.25, -0.2) is 0 Å². The first-order chi connectivity index (χ1) is 12.2. The van der Waals surface area contributed by atoms with Crippen molar-refractivity contribution >= 4 is 17.7 Å². The molecule has 25 heavy (non-hydrogen) atoms. The number of hydrogen-bond acceptors (Lipinski definition) is 4. The van der Waals surface area contributed by atoms with Gasteiger partial charge in [0, 0.05) is 11.6 Å². The Balaban J connectivity index is 1.81. The van der Waals surface area contributed by atoms with E-state index in [4.69, 9.17) is 16.4 Å². The maximum absolute atomic E-state index is 9.93. The Hall–Kier alpha value is -1.33. The van der Waals surface area contributed by atoms with Gasteiger partial charge in [0.05, 0.1) is 11.8 Å². The van der Waals surface area contributed by atoms with Crippen molar-refractivity contribution in [3.8, 4) is 0 Å². The SMILES string of the molecule is CCCCNC[C@@H](O)CONC1=CCCCC1=Cc1ccc(Cl)cc1. The van der Waals surface area contributed by atoms with Crippen molar-refractivity contribution in [3.63, 3.8) is 0 Å². The summed E-state index contributed by atoms with van der Waals surface area (Å²) < 4.78 is 0. The normalized spacial score (nSPS) is 17.4. The molecule has 0 amide bonds. The number of halogens is 1. The third-order valence-electron chi connectivity index (χ3n) is 4.10. The van der Waals surface area contributed by atoms with Gasteiger partial charge in [0.15, 0.2) is 0 Å². The van der Waals surface area contributed by atoms with E-state index in [0.29, 0.717) is 6.54 Å². The second-order valence-electron chi connectivity index (χ2n) is 6.36. The maximum atomic E-state index is 9.93. The second-order valence-corrected chi connectivity index (χ2v) is 6.79. The second kappa shape index (κ2) is 11.3. The van der Waals surface area contributed by atoms with Gasteiger partial charge < -0.3 is 10.4 Å². The van der Waals surface area contributed by atoms with Gasteiger partial charge in [0.25, 0.3) is 0 Å². The standard InChI is InChI=1S/C20H29ClN2O2/c1-2-3-12-22-14-19(24)15-25-23-20-7-5-4-6-17(20)13-16-8-10-18(21)11-9-16/h7-11,13,19,22-24H,2-6,12,14-15H2,1H3/t19-/m1/s1. The summed E-state index contributed by atoms with van der Waals surface area (Å²) in [5.41, 5.74) is 6.34. The van der Waals surface area contributed by atoms with Crippen LogP contribution in [0.15, 0.2) is 41.6 Å². The average molecular weight is 365 g/mol. The molecule has 1 atom stereocenters. The Bertz CT molecular complexity index is 570. The molecule has 3 N–H and O–H groups in total. The zero-order valence-electron chi connectivity index (χ0n) is 14.9. The number of hydroxylamine groups is 1. The van der Waals surface area contributed by atoms with E-state index >= 15 is 0 Å². The molecular formula is C20H29ClN2O2. The van der Waals surface area contributed by atoms with E-state index in [9.17, 15) is 5.11 Å². The van der Waals surface area contributed by atoms with Crippen molar-refractivity contribution in [1.29, 1.82) is 0 Å². The highest BCUT2D eigenvalue weighted by Gasteiger charge is 2.11. The van der Waals surface area contributed by atoms with Gasteiger partial charge in [0.1, 0.15) is 6.61 Å². The minimum Gasteiger partial charge on any atom is -0.389 e. The topological polar surface area (TPSA) is 53.5 Å². The lowest BCUT2D eigenvalue weighted by Crippen LogP contribution is -2.33. The van der Waals surface area contributed by atoms with Crippen molar-refractivity contribution < 1.29 is 9.94 Å². The molecule has 0 unspecified atom stereocenters. The van der Waals surface area contributed by atoms with Crippen LogP contribution in [0.2, 0.25) is 5.02 Å². The third kappa shape index (κ3) is 7.61. The quantitative estimate of drug-likeness (QED) is 0.433. The monoisotopic (exact) mass is 364 g/mol. The summed E-state index contributed by atoms with van der Waals surface area (Å²) in [5.74, 6) is 0. The van der Waals surface area contributed by atoms with Gasteiger partial charge in [-0.05, 0) is 61.6 Å². The van der Waals surface area contributed by atoms with Crippen LogP contribution in [0, 0.1) is 0 Å². The lowest BCUT2D eigenvalue weighted by molar-refractivity contribution is -0.00450. The van der Waals surface area contributed by atoms with Crippen LogP contribution in [0.3, 0.4) is 0 Å². The Kier molecular flexibility index (Phi) is 9.05. The van der Waals surface area contributed by atoms with Crippen LogP contribution in [0.5, 0.6) is 0 Å². The van der Waals surface area contributed by atoms with Crippen LogP contribution in [-0.4, -0.2) is 30.9 Å². The first-order valence-corrected chi connectivity index (χ1v) is 9.50. The highest BCUT2D eigenvalue weighted by Crippen LogP contribution is 2.25. The van der Waals surface area contributed by atoms with E-state index in [1.54, 1.807) is 0 Å². The molecular weight excluding hydrogens is 336 g/mol. The van der Waals surface area contributed by atoms with E-state index in [2.05, 4.69) is 29.9 Å². The molecule has 0 radical (unpaired) electrons. The van der Waals surface area contributed by atoms with Crippen LogP contribution in [-0.2, 0) is 4.84 Å². The highest BCUT2D eigenvalue weighted by molar-refractivity contribution is 6.30. The van der Waals surface area contributed by atoms with Gasteiger partial charge in [-0.15, -0.1) is 0 Å². The first kappa shape index (κ1) is 20.0. The van der Waals surface area contributed by atoms with Crippen molar-refractivity contribution in [2.45, 2.75) is 45.1 Å². The van der Waals surface area contributed by atoms with E-state index in [1.165, 1.54) is 5.57 Å². The molecule has 0 saturated heterocycles. The molecule has 0 saturated carbocycles. The summed E-state index contributed by atoms with van der Waals surface area (Å²) in [6.45, 7) is 3.89. The zero-order chi connectivity index (χ0) is 17.9. The number of rotatable bonds is 10. The highest BCUT2D eigenvalue weighted by atomic mass is 35.5. The fraction of sp³-hybridized carbons (Fsp3) is 0.500. The van der Waals surface area contributed by atoms with Crippen LogP contribution in [0.25, 0.3) is 6.08 Å². The molecule has 4 nitrogen and oxygen atoms in total. The van der Waals surface area contributed by atoms with Crippen molar-refractivity contribution in [2.75, 3.05) is 19.7 Å². The number of benzene rings is 1. The molecule has 5 heteroatoms. The van der Waals surface area contributed by atoms with Gasteiger partial charge in [-0.3, -0.25) is 10.3 Å². The summed E-state index contributed by atoms with van der Waals surface area (Å²) in [6, 6.07) is 7.81.